The van der Waals surface area contributed by atoms with Crippen LogP contribution in [0.5, 0.6) is 0 Å². The molecular weight excluding hydrogens is 392 g/mol. The van der Waals surface area contributed by atoms with Crippen LogP contribution in [0.2, 0.25) is 0 Å². The molecule has 0 amide bonds. The lowest BCUT2D eigenvalue weighted by molar-refractivity contribution is -0.00541. The first-order valence-electron chi connectivity index (χ1n) is 10.7. The average molecular weight is 416 g/mol. The molecule has 9 nitrogen and oxygen atoms in total. The highest BCUT2D eigenvalue weighted by molar-refractivity contribution is 5.75. The van der Waals surface area contributed by atoms with Gasteiger partial charge >= 0.3 is 0 Å². The van der Waals surface area contributed by atoms with Crippen molar-refractivity contribution in [1.29, 1.82) is 0 Å². The van der Waals surface area contributed by atoms with Gasteiger partial charge in [0.15, 0.2) is 0 Å². The van der Waals surface area contributed by atoms with Crippen LogP contribution in [0.1, 0.15) is 18.9 Å². The molecule has 4 aromatic rings. The fourth-order valence-electron chi connectivity index (χ4n) is 5.14. The van der Waals surface area contributed by atoms with E-state index in [0.29, 0.717) is 11.8 Å². The molecule has 0 bridgehead atoms. The Balaban J connectivity index is 1.23. The lowest BCUT2D eigenvalue weighted by atomic mass is 9.77. The summed E-state index contributed by atoms with van der Waals surface area (Å²) in [5.74, 6) is 1.90. The van der Waals surface area contributed by atoms with Gasteiger partial charge in [0.25, 0.3) is 0 Å². The van der Waals surface area contributed by atoms with Crippen molar-refractivity contribution in [3.63, 3.8) is 0 Å². The van der Waals surface area contributed by atoms with Gasteiger partial charge in [0.05, 0.1) is 24.0 Å². The first-order valence-corrected chi connectivity index (χ1v) is 10.7. The van der Waals surface area contributed by atoms with E-state index in [1.54, 1.807) is 13.3 Å². The molecule has 31 heavy (non-hydrogen) atoms. The Morgan fingerprint density at radius 2 is 1.97 bits per heavy atom. The van der Waals surface area contributed by atoms with Crippen LogP contribution in [-0.2, 0) is 4.74 Å². The van der Waals surface area contributed by atoms with E-state index in [-0.39, 0.29) is 12.1 Å². The van der Waals surface area contributed by atoms with Crippen LogP contribution >= 0.6 is 0 Å². The van der Waals surface area contributed by atoms with E-state index in [4.69, 9.17) is 9.72 Å². The minimum Gasteiger partial charge on any atom is -0.379 e. The number of rotatable bonds is 4. The fraction of sp³-hybridized carbons (Fsp3) is 0.409. The van der Waals surface area contributed by atoms with Crippen LogP contribution < -0.4 is 4.90 Å². The maximum atomic E-state index is 5.91. The van der Waals surface area contributed by atoms with Crippen molar-refractivity contribution in [3.8, 4) is 11.4 Å². The van der Waals surface area contributed by atoms with E-state index in [9.17, 15) is 0 Å². The predicted molar refractivity (Wildman–Crippen MR) is 115 cm³/mol. The topological polar surface area (TPSA) is 97.6 Å². The van der Waals surface area contributed by atoms with E-state index >= 15 is 0 Å². The smallest absolute Gasteiger partial charge is 0.227 e. The van der Waals surface area contributed by atoms with Gasteiger partial charge in [-0.3, -0.25) is 4.98 Å². The van der Waals surface area contributed by atoms with Crippen molar-refractivity contribution in [1.82, 2.24) is 34.9 Å². The molecule has 1 aliphatic carbocycles. The minimum atomic E-state index is 0.103. The number of methoxy groups -OCH3 is 1. The Bertz CT molecular complexity index is 1190. The third-order valence-corrected chi connectivity index (χ3v) is 6.74. The first-order chi connectivity index (χ1) is 15.3. The molecule has 0 unspecified atom stereocenters. The average Bonchev–Trinajstić information content (AvgIpc) is 3.57. The molecule has 0 radical (unpaired) electrons. The van der Waals surface area contributed by atoms with E-state index in [2.05, 4.69) is 30.2 Å². The zero-order valence-corrected chi connectivity index (χ0v) is 17.3. The highest BCUT2D eigenvalue weighted by Crippen LogP contribution is 2.43. The fourth-order valence-corrected chi connectivity index (χ4v) is 5.14. The number of nitrogens with zero attached hydrogens (tertiary/aromatic N) is 7. The van der Waals surface area contributed by atoms with Crippen molar-refractivity contribution < 1.29 is 4.74 Å². The molecule has 1 aliphatic heterocycles. The summed E-state index contributed by atoms with van der Waals surface area (Å²) in [6.45, 7) is 1.91. The largest absolute Gasteiger partial charge is 0.379 e. The maximum Gasteiger partial charge on any atom is 0.227 e. The third-order valence-electron chi connectivity index (χ3n) is 6.74. The van der Waals surface area contributed by atoms with Gasteiger partial charge in [-0.25, -0.2) is 9.67 Å². The normalized spacial score (nSPS) is 25.8. The summed E-state index contributed by atoms with van der Waals surface area (Å²) in [4.78, 5) is 19.2. The summed E-state index contributed by atoms with van der Waals surface area (Å²) in [5, 5.41) is 9.84. The van der Waals surface area contributed by atoms with Crippen LogP contribution in [0, 0.1) is 11.8 Å². The van der Waals surface area contributed by atoms with Crippen molar-refractivity contribution in [2.75, 3.05) is 25.1 Å². The summed E-state index contributed by atoms with van der Waals surface area (Å²) >= 11 is 0. The zero-order valence-electron chi connectivity index (χ0n) is 17.3. The SMILES string of the molecule is CO[C@@H]1C[C@H]2CN(c3ncc4cc[nH]c4n3)C[C@H]2C[C@H]1n1cc(-c2ccccn2)nn1. The third kappa shape index (κ3) is 3.25. The second-order valence-corrected chi connectivity index (χ2v) is 8.49. The van der Waals surface area contributed by atoms with Crippen LogP contribution in [0.4, 0.5) is 5.95 Å². The van der Waals surface area contributed by atoms with E-state index in [0.717, 1.165) is 54.3 Å². The molecule has 2 fully saturated rings. The number of aromatic nitrogens is 7. The summed E-state index contributed by atoms with van der Waals surface area (Å²) in [7, 11) is 1.80. The molecule has 5 heterocycles. The molecule has 4 atom stereocenters. The lowest BCUT2D eigenvalue weighted by Crippen LogP contribution is -2.37. The zero-order chi connectivity index (χ0) is 20.8. The minimum absolute atomic E-state index is 0.103. The highest BCUT2D eigenvalue weighted by Gasteiger charge is 2.44. The van der Waals surface area contributed by atoms with Gasteiger partial charge in [0, 0.05) is 44.2 Å². The Labute approximate surface area is 179 Å². The monoisotopic (exact) mass is 416 g/mol. The summed E-state index contributed by atoms with van der Waals surface area (Å²) in [6, 6.07) is 7.97. The van der Waals surface area contributed by atoms with Crippen molar-refractivity contribution in [3.05, 3.63) is 49.1 Å². The first kappa shape index (κ1) is 18.4. The van der Waals surface area contributed by atoms with Gasteiger partial charge in [-0.15, -0.1) is 5.10 Å². The van der Waals surface area contributed by atoms with Crippen molar-refractivity contribution in [2.24, 2.45) is 11.8 Å². The molecule has 158 valence electrons. The van der Waals surface area contributed by atoms with E-state index in [1.807, 2.05) is 47.5 Å². The van der Waals surface area contributed by atoms with E-state index < -0.39 is 0 Å². The maximum absolute atomic E-state index is 5.91. The van der Waals surface area contributed by atoms with E-state index in [1.165, 1.54) is 0 Å². The number of anilines is 1. The Morgan fingerprint density at radius 3 is 2.81 bits per heavy atom. The van der Waals surface area contributed by atoms with Gasteiger partial charge in [-0.05, 0) is 42.9 Å². The molecule has 4 aromatic heterocycles. The quantitative estimate of drug-likeness (QED) is 0.546. The molecule has 6 rings (SSSR count). The number of nitrogens with one attached hydrogen (secondary N) is 1. The van der Waals surface area contributed by atoms with Crippen LogP contribution in [-0.4, -0.2) is 61.2 Å². The summed E-state index contributed by atoms with van der Waals surface area (Å²) in [6.07, 6.45) is 9.65. The number of hydrogen-bond acceptors (Lipinski definition) is 7. The number of ether oxygens (including phenoxy) is 1. The lowest BCUT2D eigenvalue weighted by Gasteiger charge is -2.36. The predicted octanol–water partition coefficient (Wildman–Crippen LogP) is 2.71. The second-order valence-electron chi connectivity index (χ2n) is 8.49. The number of H-pyrrole nitrogens is 1. The Hall–Kier alpha value is -3.33. The Kier molecular flexibility index (Phi) is 4.41. The molecule has 0 spiro atoms. The molecule has 1 saturated heterocycles. The molecular formula is C22H24N8O. The van der Waals surface area contributed by atoms with Crippen LogP contribution in [0.25, 0.3) is 22.4 Å². The number of pyridine rings is 1. The van der Waals surface area contributed by atoms with Gasteiger partial charge in [0.1, 0.15) is 11.3 Å². The van der Waals surface area contributed by atoms with Crippen molar-refractivity contribution in [2.45, 2.75) is 25.0 Å². The van der Waals surface area contributed by atoms with Gasteiger partial charge in [-0.2, -0.15) is 4.98 Å². The number of hydrogen-bond donors (Lipinski definition) is 1. The van der Waals surface area contributed by atoms with Crippen molar-refractivity contribution >= 4 is 17.0 Å². The molecule has 0 aromatic carbocycles. The summed E-state index contributed by atoms with van der Waals surface area (Å²) < 4.78 is 7.88. The Morgan fingerprint density at radius 1 is 1.06 bits per heavy atom. The molecule has 1 N–H and O–H groups in total. The number of fused-ring (bicyclic) bond motifs is 2. The second kappa shape index (κ2) is 7.42. The molecule has 1 saturated carbocycles. The molecule has 2 aliphatic rings. The van der Waals surface area contributed by atoms with Gasteiger partial charge < -0.3 is 14.6 Å². The van der Waals surface area contributed by atoms with Gasteiger partial charge in [0.2, 0.25) is 5.95 Å². The van der Waals surface area contributed by atoms with Crippen LogP contribution in [0.3, 0.4) is 0 Å². The standard InChI is InChI=1S/C22H24N8O/c1-31-20-9-16-12-29(22-25-10-14-5-7-24-21(14)26-22)11-15(16)8-19(20)30-13-18(27-28-30)17-4-2-3-6-23-17/h2-7,10,13,15-16,19-20H,8-9,11-12H2,1H3,(H,24,25,26)/t15-,16+,19-,20-/m1/s1. The number of aromatic amines is 1. The molecule has 9 heteroatoms. The highest BCUT2D eigenvalue weighted by atomic mass is 16.5. The van der Waals surface area contributed by atoms with Crippen LogP contribution in [0.15, 0.2) is 49.1 Å². The van der Waals surface area contributed by atoms with Gasteiger partial charge in [-0.1, -0.05) is 11.3 Å². The summed E-state index contributed by atoms with van der Waals surface area (Å²) in [5.41, 5.74) is 2.51.